The van der Waals surface area contributed by atoms with Gasteiger partial charge < -0.3 is 33.8 Å². The zero-order chi connectivity index (χ0) is 60.4. The lowest BCUT2D eigenvalue weighted by atomic mass is 10.00. The summed E-state index contributed by atoms with van der Waals surface area (Å²) in [5, 5.41) is 10.5. The van der Waals surface area contributed by atoms with Crippen LogP contribution in [0.3, 0.4) is 0 Å². The van der Waals surface area contributed by atoms with E-state index in [1.807, 2.05) is 0 Å². The predicted octanol–water partition coefficient (Wildman–Crippen LogP) is 16.6. The van der Waals surface area contributed by atoms with Crippen LogP contribution >= 0.6 is 15.6 Å². The van der Waals surface area contributed by atoms with Gasteiger partial charge in [0.1, 0.15) is 19.3 Å². The minimum absolute atomic E-state index is 0.100. The molecule has 0 spiro atoms. The third-order valence-electron chi connectivity index (χ3n) is 14.4. The van der Waals surface area contributed by atoms with E-state index < -0.39 is 97.5 Å². The van der Waals surface area contributed by atoms with Crippen molar-refractivity contribution in [2.24, 2.45) is 23.7 Å². The number of phosphoric ester groups is 2. The molecule has 3 unspecified atom stereocenters. The van der Waals surface area contributed by atoms with E-state index in [1.54, 1.807) is 0 Å². The smallest absolute Gasteiger partial charge is 0.462 e. The zero-order valence-corrected chi connectivity index (χ0v) is 54.2. The van der Waals surface area contributed by atoms with Crippen molar-refractivity contribution in [3.63, 3.8) is 0 Å². The van der Waals surface area contributed by atoms with E-state index >= 15 is 0 Å². The maximum absolute atomic E-state index is 12.9. The highest BCUT2D eigenvalue weighted by Gasteiger charge is 2.30. The third kappa shape index (κ3) is 55.7. The van der Waals surface area contributed by atoms with Gasteiger partial charge in [-0.25, -0.2) is 9.13 Å². The van der Waals surface area contributed by atoms with Crippen molar-refractivity contribution >= 4 is 39.5 Å². The minimum atomic E-state index is -4.94. The van der Waals surface area contributed by atoms with E-state index in [-0.39, 0.29) is 25.7 Å². The van der Waals surface area contributed by atoms with Crippen LogP contribution in [0.1, 0.15) is 293 Å². The number of hydrogen-bond acceptors (Lipinski definition) is 15. The van der Waals surface area contributed by atoms with Crippen molar-refractivity contribution in [1.29, 1.82) is 0 Å². The summed E-state index contributed by atoms with van der Waals surface area (Å²) in [7, 11) is -9.88. The molecular formula is C62H120O17P2. The topological polar surface area (TPSA) is 237 Å². The van der Waals surface area contributed by atoms with Crippen LogP contribution in [-0.4, -0.2) is 96.7 Å². The van der Waals surface area contributed by atoms with E-state index in [2.05, 4.69) is 55.4 Å². The standard InChI is InChI=1S/C62H120O17P2/c1-9-55(8)41-33-25-18-21-29-37-45-62(67)79-57(48-72-59(64)42-34-26-15-13-11-10-12-14-22-30-38-52(2)3)50-76-80(68,69)74-46-56(63)47-75-81(70,71)77-51-58(78-61(66)44-36-28-20-17-24-32-40-54(6)7)49-73-60(65)43-35-27-19-16-23-31-39-53(4)5/h52-58,63H,9-51H2,1-8H3,(H,68,69)(H,70,71)/t55?,56-,57-,58-/m1/s1. The number of aliphatic hydroxyl groups is 1. The summed E-state index contributed by atoms with van der Waals surface area (Å²) in [5.41, 5.74) is 0. The number of carbonyl (C=O) groups excluding carboxylic acids is 4. The van der Waals surface area contributed by atoms with Gasteiger partial charge in [0.2, 0.25) is 0 Å². The van der Waals surface area contributed by atoms with Crippen LogP contribution < -0.4 is 0 Å². The van der Waals surface area contributed by atoms with Crippen LogP contribution in [-0.2, 0) is 65.4 Å². The number of unbranched alkanes of at least 4 members (excludes halogenated alkanes) is 24. The molecule has 0 radical (unpaired) electrons. The molecule has 0 aliphatic rings. The Kier molecular flexibility index (Phi) is 51.1. The van der Waals surface area contributed by atoms with Gasteiger partial charge in [-0.15, -0.1) is 0 Å². The Balaban J connectivity index is 5.23. The van der Waals surface area contributed by atoms with Gasteiger partial charge in [0.25, 0.3) is 0 Å². The van der Waals surface area contributed by atoms with Crippen molar-refractivity contribution in [1.82, 2.24) is 0 Å². The highest BCUT2D eigenvalue weighted by molar-refractivity contribution is 7.47. The Morgan fingerprint density at radius 3 is 0.877 bits per heavy atom. The molecule has 0 amide bonds. The lowest BCUT2D eigenvalue weighted by Crippen LogP contribution is -2.30. The summed E-state index contributed by atoms with van der Waals surface area (Å²) >= 11 is 0. The number of hydrogen-bond donors (Lipinski definition) is 3. The minimum Gasteiger partial charge on any atom is -0.462 e. The summed E-state index contributed by atoms with van der Waals surface area (Å²) in [6, 6.07) is 0. The summed E-state index contributed by atoms with van der Waals surface area (Å²) in [6.07, 6.45) is 31.1. The molecule has 0 aromatic carbocycles. The van der Waals surface area contributed by atoms with Gasteiger partial charge in [-0.2, -0.15) is 0 Å². The first kappa shape index (κ1) is 79.1. The number of phosphoric acid groups is 2. The van der Waals surface area contributed by atoms with E-state index in [4.69, 9.17) is 37.0 Å². The van der Waals surface area contributed by atoms with Crippen LogP contribution in [0.2, 0.25) is 0 Å². The largest absolute Gasteiger partial charge is 0.472 e. The quantitative estimate of drug-likeness (QED) is 0.0222. The van der Waals surface area contributed by atoms with Crippen LogP contribution in [0.4, 0.5) is 0 Å². The normalized spacial score (nSPS) is 14.8. The Bertz CT molecular complexity index is 1630. The maximum atomic E-state index is 12.9. The van der Waals surface area contributed by atoms with Crippen molar-refractivity contribution in [2.75, 3.05) is 39.6 Å². The van der Waals surface area contributed by atoms with E-state index in [0.29, 0.717) is 37.5 Å². The molecule has 0 aliphatic heterocycles. The van der Waals surface area contributed by atoms with Crippen LogP contribution in [0.15, 0.2) is 0 Å². The number of ether oxygens (including phenoxy) is 4. The molecule has 6 atom stereocenters. The van der Waals surface area contributed by atoms with Crippen LogP contribution in [0.25, 0.3) is 0 Å². The van der Waals surface area contributed by atoms with Gasteiger partial charge >= 0.3 is 39.5 Å². The molecule has 0 rings (SSSR count). The third-order valence-corrected chi connectivity index (χ3v) is 16.3. The summed E-state index contributed by atoms with van der Waals surface area (Å²) in [6.45, 7) is 13.8. The molecule has 19 heteroatoms. The van der Waals surface area contributed by atoms with Gasteiger partial charge in [0.05, 0.1) is 26.4 Å². The molecule has 0 saturated carbocycles. The SMILES string of the molecule is CCC(C)CCCCCCCCC(=O)O[C@H](COC(=O)CCCCCCCCCCCCC(C)C)COP(=O)(O)OC[C@@H](O)COP(=O)(O)OC[C@@H](COC(=O)CCCCCCCCC(C)C)OC(=O)CCCCCCCCC(C)C. The maximum Gasteiger partial charge on any atom is 0.472 e. The van der Waals surface area contributed by atoms with E-state index in [0.717, 1.165) is 108 Å². The summed E-state index contributed by atoms with van der Waals surface area (Å²) < 4.78 is 67.8. The van der Waals surface area contributed by atoms with Crippen molar-refractivity contribution in [3.8, 4) is 0 Å². The lowest BCUT2D eigenvalue weighted by Gasteiger charge is -2.21. The van der Waals surface area contributed by atoms with Crippen molar-refractivity contribution < 1.29 is 80.2 Å². The van der Waals surface area contributed by atoms with Crippen LogP contribution in [0, 0.1) is 23.7 Å². The first-order valence-corrected chi connectivity index (χ1v) is 35.2. The molecule has 3 N–H and O–H groups in total. The Morgan fingerprint density at radius 1 is 0.346 bits per heavy atom. The molecule has 0 aromatic rings. The molecule has 0 bridgehead atoms. The van der Waals surface area contributed by atoms with E-state index in [9.17, 15) is 43.2 Å². The Morgan fingerprint density at radius 2 is 0.593 bits per heavy atom. The molecule has 0 heterocycles. The molecule has 81 heavy (non-hydrogen) atoms. The fourth-order valence-electron chi connectivity index (χ4n) is 9.04. The van der Waals surface area contributed by atoms with Gasteiger partial charge in [-0.05, 0) is 49.4 Å². The molecule has 480 valence electrons. The van der Waals surface area contributed by atoms with Crippen LogP contribution in [0.5, 0.6) is 0 Å². The van der Waals surface area contributed by atoms with Gasteiger partial charge in [0.15, 0.2) is 12.2 Å². The zero-order valence-electron chi connectivity index (χ0n) is 52.4. The first-order valence-electron chi connectivity index (χ1n) is 32.2. The molecule has 0 saturated heterocycles. The number of aliphatic hydroxyl groups excluding tert-OH is 1. The average Bonchev–Trinajstić information content (AvgIpc) is 3.41. The highest BCUT2D eigenvalue weighted by atomic mass is 31.2. The number of carbonyl (C=O) groups is 4. The second-order valence-corrected chi connectivity index (χ2v) is 27.0. The molecule has 0 aliphatic carbocycles. The fraction of sp³-hybridized carbons (Fsp3) is 0.935. The molecular weight excluding hydrogens is 1080 g/mol. The summed E-state index contributed by atoms with van der Waals surface area (Å²) in [5.74, 6) is 0.678. The molecule has 0 aromatic heterocycles. The number of esters is 4. The highest BCUT2D eigenvalue weighted by Crippen LogP contribution is 2.45. The first-order chi connectivity index (χ1) is 38.6. The fourth-order valence-corrected chi connectivity index (χ4v) is 10.6. The lowest BCUT2D eigenvalue weighted by molar-refractivity contribution is -0.161. The molecule has 0 fully saturated rings. The second kappa shape index (κ2) is 52.4. The molecule has 17 nitrogen and oxygen atoms in total. The predicted molar refractivity (Wildman–Crippen MR) is 321 cm³/mol. The summed E-state index contributed by atoms with van der Waals surface area (Å²) in [4.78, 5) is 72.0. The monoisotopic (exact) mass is 1200 g/mol. The number of rotatable bonds is 59. The second-order valence-electron chi connectivity index (χ2n) is 24.1. The van der Waals surface area contributed by atoms with Crippen molar-refractivity contribution in [3.05, 3.63) is 0 Å². The average molecular weight is 1200 g/mol. The van der Waals surface area contributed by atoms with Crippen molar-refractivity contribution in [2.45, 2.75) is 311 Å². The van der Waals surface area contributed by atoms with Gasteiger partial charge in [0, 0.05) is 25.7 Å². The van der Waals surface area contributed by atoms with Gasteiger partial charge in [-0.3, -0.25) is 37.3 Å². The Labute approximate surface area is 492 Å². The van der Waals surface area contributed by atoms with E-state index in [1.165, 1.54) is 89.9 Å². The van der Waals surface area contributed by atoms with Gasteiger partial charge in [-0.1, -0.05) is 242 Å². The Hall–Kier alpha value is -1.94.